The van der Waals surface area contributed by atoms with Crippen LogP contribution in [0.1, 0.15) is 160 Å². The third-order valence-electron chi connectivity index (χ3n) is 9.72. The molecule has 0 saturated carbocycles. The largest absolute Gasteiger partial charge is 0.244 e. The lowest BCUT2D eigenvalue weighted by molar-refractivity contribution is -0.696. The molecule has 238 valence electrons. The van der Waals surface area contributed by atoms with E-state index in [2.05, 4.69) is 109 Å². The summed E-state index contributed by atoms with van der Waals surface area (Å²) in [6.07, 6.45) is 34.6. The van der Waals surface area contributed by atoms with Gasteiger partial charge in [-0.1, -0.05) is 184 Å². The van der Waals surface area contributed by atoms with Crippen LogP contribution in [0.4, 0.5) is 0 Å². The maximum absolute atomic E-state index is 2.54. The zero-order valence-electron chi connectivity index (χ0n) is 28.3. The highest BCUT2D eigenvalue weighted by molar-refractivity contribution is 5.30. The first-order valence-electron chi connectivity index (χ1n) is 18.3. The molecule has 1 aromatic heterocycles. The topological polar surface area (TPSA) is 8.81 Å². The van der Waals surface area contributed by atoms with Gasteiger partial charge in [0.25, 0.3) is 0 Å². The van der Waals surface area contributed by atoms with E-state index in [9.17, 15) is 0 Å². The van der Waals surface area contributed by atoms with E-state index < -0.39 is 0 Å². The lowest BCUT2D eigenvalue weighted by Crippen LogP contribution is -2.38. The maximum Gasteiger partial charge on any atom is 0.244 e. The Labute approximate surface area is 266 Å². The van der Waals surface area contributed by atoms with Crippen molar-refractivity contribution in [2.45, 2.75) is 167 Å². The minimum Gasteiger partial charge on any atom is -0.237 e. The molecule has 0 fully saturated rings. The number of unbranched alkanes of at least 4 members (excludes halogenated alkanes) is 16. The summed E-state index contributed by atoms with van der Waals surface area (Å²) in [7, 11) is 0. The Morgan fingerprint density at radius 3 is 1.60 bits per heavy atom. The van der Waals surface area contributed by atoms with Crippen LogP contribution < -0.4 is 4.57 Å². The molecule has 2 unspecified atom stereocenters. The first-order valence-corrected chi connectivity index (χ1v) is 18.3. The van der Waals surface area contributed by atoms with Crippen LogP contribution in [0.3, 0.4) is 0 Å². The van der Waals surface area contributed by atoms with Gasteiger partial charge in [-0.15, -0.1) is 0 Å². The van der Waals surface area contributed by atoms with Crippen molar-refractivity contribution in [3.05, 3.63) is 90.5 Å². The summed E-state index contributed by atoms with van der Waals surface area (Å²) in [6.45, 7) is 8.17. The van der Waals surface area contributed by atoms with Crippen molar-refractivity contribution >= 4 is 0 Å². The third kappa shape index (κ3) is 13.0. The van der Waals surface area contributed by atoms with Gasteiger partial charge in [0, 0.05) is 5.41 Å². The van der Waals surface area contributed by atoms with Crippen LogP contribution in [0.15, 0.2) is 79.4 Å². The molecule has 0 saturated heterocycles. The molecule has 0 N–H and O–H groups in total. The minimum atomic E-state index is 0.0146. The van der Waals surface area contributed by atoms with Gasteiger partial charge in [0.15, 0.2) is 0 Å². The van der Waals surface area contributed by atoms with Crippen LogP contribution in [0, 0.1) is 0 Å². The van der Waals surface area contributed by atoms with Gasteiger partial charge < -0.3 is 0 Å². The molecule has 2 nitrogen and oxygen atoms in total. The van der Waals surface area contributed by atoms with E-state index in [4.69, 9.17) is 0 Å². The molecule has 0 spiro atoms. The molecule has 0 radical (unpaired) electrons. The molecule has 2 heteroatoms. The zero-order valence-corrected chi connectivity index (χ0v) is 28.3. The predicted molar refractivity (Wildman–Crippen MR) is 187 cm³/mol. The van der Waals surface area contributed by atoms with Crippen molar-refractivity contribution in [3.63, 3.8) is 0 Å². The van der Waals surface area contributed by atoms with Gasteiger partial charge in [-0.25, -0.2) is 9.13 Å². The van der Waals surface area contributed by atoms with Crippen molar-refractivity contribution in [3.8, 4) is 0 Å². The Hall–Kier alpha value is -2.35. The lowest BCUT2D eigenvalue weighted by atomic mass is 9.70. The van der Waals surface area contributed by atoms with Crippen molar-refractivity contribution in [2.75, 3.05) is 0 Å². The highest BCUT2D eigenvalue weighted by Crippen LogP contribution is 2.41. The van der Waals surface area contributed by atoms with Gasteiger partial charge in [0.2, 0.25) is 6.33 Å². The van der Waals surface area contributed by atoms with E-state index in [-0.39, 0.29) is 5.41 Å². The molecular formula is C41H65N2+. The average molecular weight is 586 g/mol. The van der Waals surface area contributed by atoms with Crippen LogP contribution in [-0.4, -0.2) is 4.57 Å². The number of aryl methyl sites for hydroxylation is 1. The SMILES string of the molecule is CCCCCCCCCCCCCCCCCCCC(n1cc[n+](CCC)c1)C(C)(Cc1ccccc1)c1ccccc1. The number of rotatable bonds is 25. The molecular weight excluding hydrogens is 520 g/mol. The van der Waals surface area contributed by atoms with Crippen LogP contribution in [0.5, 0.6) is 0 Å². The first-order chi connectivity index (χ1) is 21.2. The van der Waals surface area contributed by atoms with Crippen LogP contribution in [-0.2, 0) is 18.4 Å². The number of nitrogens with zero attached hydrogens (tertiary/aromatic N) is 2. The first kappa shape index (κ1) is 35.1. The highest BCUT2D eigenvalue weighted by atomic mass is 15.1. The van der Waals surface area contributed by atoms with E-state index in [1.807, 2.05) is 0 Å². The fourth-order valence-electron chi connectivity index (χ4n) is 7.10. The van der Waals surface area contributed by atoms with Gasteiger partial charge >= 0.3 is 0 Å². The van der Waals surface area contributed by atoms with Crippen molar-refractivity contribution in [1.29, 1.82) is 0 Å². The van der Waals surface area contributed by atoms with Gasteiger partial charge in [-0.2, -0.15) is 0 Å². The van der Waals surface area contributed by atoms with Gasteiger partial charge in [-0.05, 0) is 36.8 Å². The Bertz CT molecular complexity index is 1060. The molecule has 2 aromatic carbocycles. The molecule has 3 rings (SSSR count). The van der Waals surface area contributed by atoms with Gasteiger partial charge in [0.1, 0.15) is 18.4 Å². The van der Waals surface area contributed by atoms with E-state index in [0.717, 1.165) is 13.0 Å². The average Bonchev–Trinajstić information content (AvgIpc) is 3.49. The minimum absolute atomic E-state index is 0.0146. The number of hydrogen-bond donors (Lipinski definition) is 0. The molecule has 0 aliphatic heterocycles. The lowest BCUT2D eigenvalue weighted by Gasteiger charge is -2.37. The summed E-state index contributed by atoms with van der Waals surface area (Å²) in [5.41, 5.74) is 2.89. The highest BCUT2D eigenvalue weighted by Gasteiger charge is 2.40. The van der Waals surface area contributed by atoms with Gasteiger partial charge in [-0.3, -0.25) is 0 Å². The Balaban J connectivity index is 1.45. The van der Waals surface area contributed by atoms with E-state index in [0.29, 0.717) is 6.04 Å². The molecule has 3 aromatic rings. The number of benzene rings is 2. The summed E-state index contributed by atoms with van der Waals surface area (Å²) >= 11 is 0. The second kappa shape index (κ2) is 21.4. The van der Waals surface area contributed by atoms with E-state index in [1.165, 1.54) is 133 Å². The second-order valence-electron chi connectivity index (χ2n) is 13.5. The summed E-state index contributed by atoms with van der Waals surface area (Å²) < 4.78 is 4.91. The molecule has 0 aliphatic carbocycles. The summed E-state index contributed by atoms with van der Waals surface area (Å²) in [5, 5.41) is 0. The summed E-state index contributed by atoms with van der Waals surface area (Å²) in [6, 6.07) is 22.9. The standard InChI is InChI=1S/C41H65N2/c1-4-6-7-8-9-10-11-12-13-14-15-16-17-18-19-20-27-32-40(43-35-34-42(37-43)33-5-2)41(3,39-30-25-22-26-31-39)36-38-28-23-21-24-29-38/h21-26,28-31,34-35,37,40H,4-20,27,32-33,36H2,1-3H3/q+1. The molecule has 0 aliphatic rings. The molecule has 1 heterocycles. The Kier molecular flexibility index (Phi) is 17.5. The molecule has 0 bridgehead atoms. The summed E-state index contributed by atoms with van der Waals surface area (Å²) in [4.78, 5) is 0. The van der Waals surface area contributed by atoms with Crippen molar-refractivity contribution < 1.29 is 4.57 Å². The maximum atomic E-state index is 2.54. The zero-order chi connectivity index (χ0) is 30.4. The third-order valence-corrected chi connectivity index (χ3v) is 9.72. The fraction of sp³-hybridized carbons (Fsp3) is 0.634. The van der Waals surface area contributed by atoms with Crippen LogP contribution in [0.25, 0.3) is 0 Å². The van der Waals surface area contributed by atoms with Crippen LogP contribution >= 0.6 is 0 Å². The van der Waals surface area contributed by atoms with E-state index >= 15 is 0 Å². The smallest absolute Gasteiger partial charge is 0.237 e. The van der Waals surface area contributed by atoms with Crippen molar-refractivity contribution in [1.82, 2.24) is 4.57 Å². The van der Waals surface area contributed by atoms with Crippen LogP contribution in [0.2, 0.25) is 0 Å². The monoisotopic (exact) mass is 586 g/mol. The normalized spacial score (nSPS) is 13.7. The molecule has 2 atom stereocenters. The Morgan fingerprint density at radius 1 is 0.605 bits per heavy atom. The quantitative estimate of drug-likeness (QED) is 0.0690. The van der Waals surface area contributed by atoms with E-state index in [1.54, 1.807) is 0 Å². The second-order valence-corrected chi connectivity index (χ2v) is 13.5. The molecule has 43 heavy (non-hydrogen) atoms. The van der Waals surface area contributed by atoms with Gasteiger partial charge in [0.05, 0.1) is 6.54 Å². The molecule has 0 amide bonds. The number of imidazole rings is 1. The Morgan fingerprint density at radius 2 is 1.09 bits per heavy atom. The predicted octanol–water partition coefficient (Wildman–Crippen LogP) is 12.0. The van der Waals surface area contributed by atoms with Crippen molar-refractivity contribution in [2.24, 2.45) is 0 Å². The summed E-state index contributed by atoms with van der Waals surface area (Å²) in [5.74, 6) is 0. The number of hydrogen-bond acceptors (Lipinski definition) is 0. The fourth-order valence-corrected chi connectivity index (χ4v) is 7.10. The number of aromatic nitrogens is 2.